The maximum Gasteiger partial charge on any atom is 0.211 e. The van der Waals surface area contributed by atoms with Gasteiger partial charge in [-0.05, 0) is 86.7 Å². The summed E-state index contributed by atoms with van der Waals surface area (Å²) in [6, 6.07) is 7.09. The first-order valence-electron chi connectivity index (χ1n) is 13.1. The summed E-state index contributed by atoms with van der Waals surface area (Å²) in [5.41, 5.74) is 23.3. The average Bonchev–Trinajstić information content (AvgIpc) is 3.65. The highest BCUT2D eigenvalue weighted by molar-refractivity contribution is 5.98. The van der Waals surface area contributed by atoms with Gasteiger partial charge in [0.05, 0.1) is 23.6 Å². The monoisotopic (exact) mass is 565 g/mol. The van der Waals surface area contributed by atoms with Crippen LogP contribution in [-0.2, 0) is 16.1 Å². The topological polar surface area (TPSA) is 181 Å². The number of amides is 1. The van der Waals surface area contributed by atoms with Crippen molar-refractivity contribution in [2.45, 2.75) is 53.1 Å². The predicted molar refractivity (Wildman–Crippen MR) is 159 cm³/mol. The van der Waals surface area contributed by atoms with Crippen LogP contribution < -0.4 is 16.8 Å². The summed E-state index contributed by atoms with van der Waals surface area (Å²) < 4.78 is 20.5. The van der Waals surface area contributed by atoms with Crippen LogP contribution in [0.15, 0.2) is 48.0 Å². The van der Waals surface area contributed by atoms with Crippen molar-refractivity contribution in [2.75, 3.05) is 19.0 Å². The van der Waals surface area contributed by atoms with Crippen molar-refractivity contribution >= 4 is 23.5 Å². The highest BCUT2D eigenvalue weighted by Crippen LogP contribution is 2.25. The smallest absolute Gasteiger partial charge is 0.211 e. The van der Waals surface area contributed by atoms with Crippen LogP contribution in [0, 0.1) is 36.5 Å². The molecule has 1 atom stereocenters. The summed E-state index contributed by atoms with van der Waals surface area (Å²) in [5.74, 6) is -0.695. The van der Waals surface area contributed by atoms with Crippen molar-refractivity contribution in [1.29, 1.82) is 10.9 Å². The van der Waals surface area contributed by atoms with Gasteiger partial charge >= 0.3 is 0 Å². The van der Waals surface area contributed by atoms with E-state index in [0.29, 0.717) is 29.6 Å². The van der Waals surface area contributed by atoms with Crippen molar-refractivity contribution in [2.24, 2.45) is 22.5 Å². The van der Waals surface area contributed by atoms with E-state index in [2.05, 4.69) is 33.6 Å². The number of hydrogen-bond acceptors (Lipinski definition) is 8. The molecule has 0 spiro atoms. The van der Waals surface area contributed by atoms with Gasteiger partial charge in [0.1, 0.15) is 5.82 Å². The van der Waals surface area contributed by atoms with E-state index in [9.17, 15) is 9.18 Å². The van der Waals surface area contributed by atoms with E-state index in [1.165, 1.54) is 25.0 Å². The van der Waals surface area contributed by atoms with Gasteiger partial charge in [-0.2, -0.15) is 5.10 Å². The van der Waals surface area contributed by atoms with E-state index in [-0.39, 0.29) is 5.56 Å². The number of halogens is 1. The van der Waals surface area contributed by atoms with E-state index in [0.717, 1.165) is 41.2 Å². The Morgan fingerprint density at radius 2 is 2.02 bits per heavy atom. The zero-order valence-corrected chi connectivity index (χ0v) is 24.2. The van der Waals surface area contributed by atoms with Crippen LogP contribution in [0.1, 0.15) is 49.2 Å². The number of benzene rings is 1. The third kappa shape index (κ3) is 10.3. The zero-order chi connectivity index (χ0) is 30.5. The molecule has 1 unspecified atom stereocenters. The molecule has 0 bridgehead atoms. The maximum absolute atomic E-state index is 13.3. The van der Waals surface area contributed by atoms with E-state index >= 15 is 0 Å². The summed E-state index contributed by atoms with van der Waals surface area (Å²) in [6.45, 7) is 9.33. The van der Waals surface area contributed by atoms with Gasteiger partial charge in [0, 0.05) is 43.3 Å². The third-order valence-electron chi connectivity index (χ3n) is 6.14. The minimum Gasteiger partial charge on any atom is -0.404 e. The Hall–Kier alpha value is -4.29. The molecule has 1 aliphatic rings. The predicted octanol–water partition coefficient (Wildman–Crippen LogP) is 5.02. The van der Waals surface area contributed by atoms with Crippen LogP contribution in [0.2, 0.25) is 0 Å². The number of carbonyl (C=O) groups excluding carboxylic acids is 1. The summed E-state index contributed by atoms with van der Waals surface area (Å²) >= 11 is 0. The molecule has 7 N–H and O–H groups in total. The van der Waals surface area contributed by atoms with Gasteiger partial charge < -0.3 is 21.5 Å². The number of rotatable bonds is 9. The fourth-order valence-electron chi connectivity index (χ4n) is 3.68. The number of pyridine rings is 1. The molecular weight excluding hydrogens is 525 g/mol. The van der Waals surface area contributed by atoms with E-state index in [4.69, 9.17) is 27.1 Å². The summed E-state index contributed by atoms with van der Waals surface area (Å²) in [5, 5.41) is 17.0. The van der Waals surface area contributed by atoms with Gasteiger partial charge in [-0.15, -0.1) is 5.11 Å². The number of nitrogens with zero attached hydrogens (tertiary/aromatic N) is 4. The molecular formula is C29H40FN9O2. The number of nitrogens with two attached hydrogens (primary N) is 2. The van der Waals surface area contributed by atoms with Crippen LogP contribution >= 0.6 is 0 Å². The maximum atomic E-state index is 13.3. The van der Waals surface area contributed by atoms with Gasteiger partial charge in [-0.1, -0.05) is 6.92 Å². The first kappa shape index (κ1) is 32.9. The molecule has 1 fully saturated rings. The summed E-state index contributed by atoms with van der Waals surface area (Å²) in [7, 11) is 1.72. The molecule has 220 valence electrons. The number of anilines is 1. The molecule has 2 aromatic heterocycles. The lowest BCUT2D eigenvalue weighted by molar-refractivity contribution is -0.105. The summed E-state index contributed by atoms with van der Waals surface area (Å²) in [4.78, 5) is 14.6. The Kier molecular flexibility index (Phi) is 12.9. The molecule has 1 aliphatic carbocycles. The van der Waals surface area contributed by atoms with Crippen LogP contribution in [0.25, 0.3) is 16.7 Å². The van der Waals surface area contributed by atoms with Gasteiger partial charge in [-0.3, -0.25) is 19.9 Å². The van der Waals surface area contributed by atoms with Gasteiger partial charge in [0.25, 0.3) is 0 Å². The minimum absolute atomic E-state index is 0.111. The van der Waals surface area contributed by atoms with E-state index in [1.807, 2.05) is 36.9 Å². The van der Waals surface area contributed by atoms with Crippen molar-refractivity contribution in [1.82, 2.24) is 14.8 Å². The van der Waals surface area contributed by atoms with Gasteiger partial charge in [0.2, 0.25) is 6.41 Å². The zero-order valence-electron chi connectivity index (χ0n) is 24.2. The fraction of sp³-hybridized carbons (Fsp3) is 0.379. The Balaban J connectivity index is 0.000000265. The number of allylic oxidation sites excluding steroid dienone is 1. The van der Waals surface area contributed by atoms with Crippen molar-refractivity contribution < 1.29 is 13.9 Å². The average molecular weight is 566 g/mol. The van der Waals surface area contributed by atoms with E-state index in [1.54, 1.807) is 20.2 Å². The van der Waals surface area contributed by atoms with Gasteiger partial charge in [-0.25, -0.2) is 9.92 Å². The Bertz CT molecular complexity index is 1370. The van der Waals surface area contributed by atoms with E-state index < -0.39 is 11.7 Å². The fourth-order valence-corrected chi connectivity index (χ4v) is 3.68. The molecule has 1 saturated carbocycles. The summed E-state index contributed by atoms with van der Waals surface area (Å²) in [6.07, 6.45) is 8.46. The lowest BCUT2D eigenvalue weighted by Crippen LogP contribution is -2.12. The Morgan fingerprint density at radius 3 is 2.59 bits per heavy atom. The second-order valence-electron chi connectivity index (χ2n) is 9.90. The van der Waals surface area contributed by atoms with Crippen LogP contribution in [-0.4, -0.2) is 46.8 Å². The number of methoxy groups -OCH3 is 1. The third-order valence-corrected chi connectivity index (χ3v) is 6.14. The lowest BCUT2D eigenvalue weighted by Gasteiger charge is -2.09. The van der Waals surface area contributed by atoms with Crippen molar-refractivity contribution in [3.05, 3.63) is 71.2 Å². The molecule has 12 heteroatoms. The quantitative estimate of drug-likeness (QED) is 0.105. The molecule has 2 heterocycles. The Morgan fingerprint density at radius 1 is 1.34 bits per heavy atom. The first-order valence-corrected chi connectivity index (χ1v) is 13.1. The molecule has 0 aliphatic heterocycles. The van der Waals surface area contributed by atoms with Crippen LogP contribution in [0.4, 0.5) is 10.1 Å². The second-order valence-corrected chi connectivity index (χ2v) is 9.90. The molecule has 1 amide bonds. The molecule has 1 aromatic carbocycles. The standard InChI is InChI=1S/C17H24N4O.C9H9FN4O.C3H7N/c1-12(11-22-4)9-21-10-16(14(3)20-21)15-5-6-19-17(7-15)13(2)8-18;1-5-2-7(10)6(9(11)14-12)3-8(5)13-4-15;4-3-1-2-3/h5-8,10,12H,9,11,18H2,1-4H3;2-4,11-12H,1H3,(H,13,15);3H,1-2,4H2/b13-8-;;. The van der Waals surface area contributed by atoms with Crippen molar-refractivity contribution in [3.63, 3.8) is 0 Å². The van der Waals surface area contributed by atoms with Crippen molar-refractivity contribution in [3.8, 4) is 11.1 Å². The minimum atomic E-state index is -0.634. The normalized spacial score (nSPS) is 13.2. The number of hydrogen-bond donors (Lipinski definition) is 5. The van der Waals surface area contributed by atoms with Gasteiger partial charge in [0.15, 0.2) is 5.84 Å². The Labute approximate surface area is 240 Å². The molecule has 0 radical (unpaired) electrons. The SMILES string of the molecule is COCC(C)Cn1cc(-c2ccnc(/C(C)=C\N)c2)c(C)n1.Cc1cc(F)c(C(=N)N=N)cc1NC=O.NC1CC1. The van der Waals surface area contributed by atoms with Crippen LogP contribution in [0.3, 0.4) is 0 Å². The number of ether oxygens (including phenoxy) is 1. The number of aromatic nitrogens is 3. The first-order chi connectivity index (χ1) is 19.5. The number of nitrogens with one attached hydrogen (secondary N) is 3. The molecule has 0 saturated heterocycles. The largest absolute Gasteiger partial charge is 0.404 e. The highest BCUT2D eigenvalue weighted by Gasteiger charge is 2.14. The van der Waals surface area contributed by atoms with Crippen LogP contribution in [0.5, 0.6) is 0 Å². The highest BCUT2D eigenvalue weighted by atomic mass is 19.1. The molecule has 11 nitrogen and oxygen atoms in total. The number of aryl methyl sites for hydroxylation is 2. The molecule has 4 rings (SSSR count). The lowest BCUT2D eigenvalue weighted by atomic mass is 10.1. The number of carbonyl (C=O) groups is 1. The second kappa shape index (κ2) is 16.1. The number of amidine groups is 1. The molecule has 3 aromatic rings. The molecule has 41 heavy (non-hydrogen) atoms.